The Labute approximate surface area is 102 Å². The van der Waals surface area contributed by atoms with Crippen molar-refractivity contribution in [3.8, 4) is 0 Å². The molecule has 2 aliphatic rings. The average molecular weight is 236 g/mol. The lowest BCUT2D eigenvalue weighted by Gasteiger charge is -2.13. The van der Waals surface area contributed by atoms with Gasteiger partial charge in [-0.2, -0.15) is 0 Å². The summed E-state index contributed by atoms with van der Waals surface area (Å²) in [5.74, 6) is 0. The standard InChI is InChI=1S/C13H20N2S/c1-15(11-4-5-11)9-13-7-6-12(16-13)8-14-10-2-3-10/h6-7,10-11,14H,2-5,8-9H2,1H3. The highest BCUT2D eigenvalue weighted by molar-refractivity contribution is 7.11. The summed E-state index contributed by atoms with van der Waals surface area (Å²) in [6, 6.07) is 6.28. The number of rotatable bonds is 6. The van der Waals surface area contributed by atoms with Crippen LogP contribution in [-0.2, 0) is 13.1 Å². The van der Waals surface area contributed by atoms with Gasteiger partial charge in [-0.15, -0.1) is 11.3 Å². The lowest BCUT2D eigenvalue weighted by molar-refractivity contribution is 0.319. The Morgan fingerprint density at radius 2 is 2.00 bits per heavy atom. The van der Waals surface area contributed by atoms with Crippen LogP contribution in [0.1, 0.15) is 35.4 Å². The third-order valence-corrected chi connectivity index (χ3v) is 4.51. The van der Waals surface area contributed by atoms with Gasteiger partial charge < -0.3 is 5.32 Å². The molecule has 0 saturated heterocycles. The molecule has 0 amide bonds. The van der Waals surface area contributed by atoms with Crippen molar-refractivity contribution in [1.82, 2.24) is 10.2 Å². The molecule has 16 heavy (non-hydrogen) atoms. The van der Waals surface area contributed by atoms with Crippen LogP contribution in [0.4, 0.5) is 0 Å². The molecule has 0 aliphatic heterocycles. The van der Waals surface area contributed by atoms with E-state index in [2.05, 4.69) is 29.4 Å². The Bertz CT molecular complexity index is 353. The molecule has 0 bridgehead atoms. The highest BCUT2D eigenvalue weighted by atomic mass is 32.1. The van der Waals surface area contributed by atoms with E-state index in [1.807, 2.05) is 11.3 Å². The fourth-order valence-corrected chi connectivity index (χ4v) is 3.06. The maximum absolute atomic E-state index is 3.57. The molecule has 3 heteroatoms. The second kappa shape index (κ2) is 4.47. The first kappa shape index (κ1) is 10.8. The van der Waals surface area contributed by atoms with Crippen molar-refractivity contribution in [2.24, 2.45) is 0 Å². The minimum atomic E-state index is 0.819. The van der Waals surface area contributed by atoms with Crippen LogP contribution in [0.25, 0.3) is 0 Å². The first-order chi connectivity index (χ1) is 7.81. The monoisotopic (exact) mass is 236 g/mol. The van der Waals surface area contributed by atoms with Gasteiger partial charge in [-0.25, -0.2) is 0 Å². The van der Waals surface area contributed by atoms with E-state index in [1.54, 1.807) is 0 Å². The van der Waals surface area contributed by atoms with Crippen molar-refractivity contribution in [1.29, 1.82) is 0 Å². The summed E-state index contributed by atoms with van der Waals surface area (Å²) in [7, 11) is 2.25. The maximum Gasteiger partial charge on any atom is 0.0327 e. The maximum atomic E-state index is 3.57. The van der Waals surface area contributed by atoms with Gasteiger partial charge in [0.1, 0.15) is 0 Å². The highest BCUT2D eigenvalue weighted by Gasteiger charge is 2.26. The summed E-state index contributed by atoms with van der Waals surface area (Å²) >= 11 is 1.97. The van der Waals surface area contributed by atoms with Gasteiger partial charge in [0.05, 0.1) is 0 Å². The zero-order chi connectivity index (χ0) is 11.0. The van der Waals surface area contributed by atoms with E-state index in [9.17, 15) is 0 Å². The predicted octanol–water partition coefficient (Wildman–Crippen LogP) is 2.59. The van der Waals surface area contributed by atoms with Gasteiger partial charge in [-0.05, 0) is 44.9 Å². The zero-order valence-corrected chi connectivity index (χ0v) is 10.7. The Hall–Kier alpha value is -0.380. The molecule has 88 valence electrons. The van der Waals surface area contributed by atoms with Gasteiger partial charge in [-0.1, -0.05) is 0 Å². The van der Waals surface area contributed by atoms with E-state index in [4.69, 9.17) is 0 Å². The normalized spacial score (nSPS) is 20.6. The van der Waals surface area contributed by atoms with Crippen molar-refractivity contribution in [3.63, 3.8) is 0 Å². The molecule has 1 aromatic rings. The first-order valence-corrected chi connectivity index (χ1v) is 7.14. The molecule has 0 atom stereocenters. The van der Waals surface area contributed by atoms with Crippen LogP contribution >= 0.6 is 11.3 Å². The van der Waals surface area contributed by atoms with Crippen molar-refractivity contribution < 1.29 is 0 Å². The third-order valence-electron chi connectivity index (χ3n) is 3.44. The fraction of sp³-hybridized carbons (Fsp3) is 0.692. The summed E-state index contributed by atoms with van der Waals surface area (Å²) in [6.45, 7) is 2.21. The van der Waals surface area contributed by atoms with Crippen molar-refractivity contribution in [3.05, 3.63) is 21.9 Å². The minimum absolute atomic E-state index is 0.819. The second-order valence-corrected chi connectivity index (χ2v) is 6.42. The fourth-order valence-electron chi connectivity index (χ4n) is 2.02. The van der Waals surface area contributed by atoms with E-state index < -0.39 is 0 Å². The summed E-state index contributed by atoms with van der Waals surface area (Å²) < 4.78 is 0. The van der Waals surface area contributed by atoms with E-state index in [0.717, 1.165) is 25.2 Å². The van der Waals surface area contributed by atoms with Crippen LogP contribution in [0, 0.1) is 0 Å². The lowest BCUT2D eigenvalue weighted by atomic mass is 10.4. The summed E-state index contributed by atoms with van der Waals surface area (Å²) in [5, 5.41) is 3.57. The van der Waals surface area contributed by atoms with Gasteiger partial charge in [0.15, 0.2) is 0 Å². The van der Waals surface area contributed by atoms with Crippen molar-refractivity contribution in [2.75, 3.05) is 7.05 Å². The Morgan fingerprint density at radius 1 is 1.25 bits per heavy atom. The van der Waals surface area contributed by atoms with Crippen molar-refractivity contribution >= 4 is 11.3 Å². The zero-order valence-electron chi connectivity index (χ0n) is 9.91. The van der Waals surface area contributed by atoms with Crippen molar-refractivity contribution in [2.45, 2.75) is 50.9 Å². The van der Waals surface area contributed by atoms with E-state index in [1.165, 1.54) is 35.4 Å². The Balaban J connectivity index is 1.50. The molecule has 2 aliphatic carbocycles. The molecule has 0 unspecified atom stereocenters. The van der Waals surface area contributed by atoms with Crippen LogP contribution in [-0.4, -0.2) is 24.0 Å². The topological polar surface area (TPSA) is 15.3 Å². The van der Waals surface area contributed by atoms with Crippen LogP contribution in [0.2, 0.25) is 0 Å². The number of nitrogens with zero attached hydrogens (tertiary/aromatic N) is 1. The SMILES string of the molecule is CN(Cc1ccc(CNC2CC2)s1)C1CC1. The smallest absolute Gasteiger partial charge is 0.0327 e. The summed E-state index contributed by atoms with van der Waals surface area (Å²) in [4.78, 5) is 5.50. The molecule has 2 saturated carbocycles. The highest BCUT2D eigenvalue weighted by Crippen LogP contribution is 2.28. The minimum Gasteiger partial charge on any atom is -0.309 e. The van der Waals surface area contributed by atoms with Gasteiger partial charge in [0, 0.05) is 34.9 Å². The van der Waals surface area contributed by atoms with E-state index in [0.29, 0.717) is 0 Å². The van der Waals surface area contributed by atoms with Gasteiger partial charge >= 0.3 is 0 Å². The summed E-state index contributed by atoms with van der Waals surface area (Å²) in [5.41, 5.74) is 0. The van der Waals surface area contributed by atoms with Gasteiger partial charge in [0.25, 0.3) is 0 Å². The lowest BCUT2D eigenvalue weighted by Crippen LogP contribution is -2.19. The molecule has 1 heterocycles. The van der Waals surface area contributed by atoms with Crippen LogP contribution < -0.4 is 5.32 Å². The average Bonchev–Trinajstić information content (AvgIpc) is 3.16. The molecular formula is C13H20N2S. The molecule has 3 rings (SSSR count). The van der Waals surface area contributed by atoms with E-state index >= 15 is 0 Å². The molecule has 2 nitrogen and oxygen atoms in total. The third kappa shape index (κ3) is 2.84. The molecule has 0 spiro atoms. The van der Waals surface area contributed by atoms with Gasteiger partial charge in [-0.3, -0.25) is 4.90 Å². The largest absolute Gasteiger partial charge is 0.309 e. The second-order valence-electron chi connectivity index (χ2n) is 5.17. The van der Waals surface area contributed by atoms with E-state index in [-0.39, 0.29) is 0 Å². The predicted molar refractivity (Wildman–Crippen MR) is 68.7 cm³/mol. The molecule has 2 fully saturated rings. The number of hydrogen-bond donors (Lipinski definition) is 1. The number of nitrogens with one attached hydrogen (secondary N) is 1. The number of thiophene rings is 1. The van der Waals surface area contributed by atoms with Crippen LogP contribution in [0.15, 0.2) is 12.1 Å². The molecule has 1 N–H and O–H groups in total. The van der Waals surface area contributed by atoms with Crippen LogP contribution in [0.5, 0.6) is 0 Å². The first-order valence-electron chi connectivity index (χ1n) is 6.32. The molecule has 0 aromatic carbocycles. The summed E-state index contributed by atoms with van der Waals surface area (Å²) in [6.07, 6.45) is 5.56. The Kier molecular flexibility index (Phi) is 3.01. The van der Waals surface area contributed by atoms with Crippen LogP contribution in [0.3, 0.4) is 0 Å². The quantitative estimate of drug-likeness (QED) is 0.817. The van der Waals surface area contributed by atoms with Gasteiger partial charge in [0.2, 0.25) is 0 Å². The molecule has 1 aromatic heterocycles. The number of hydrogen-bond acceptors (Lipinski definition) is 3. The molecule has 0 radical (unpaired) electrons. The molecular weight excluding hydrogens is 216 g/mol. The Morgan fingerprint density at radius 3 is 2.69 bits per heavy atom.